The summed E-state index contributed by atoms with van der Waals surface area (Å²) in [6.45, 7) is 13.8. The van der Waals surface area contributed by atoms with E-state index in [-0.39, 0.29) is 11.9 Å². The number of hydrogen-bond acceptors (Lipinski definition) is 5. The Labute approximate surface area is 149 Å². The third-order valence-electron chi connectivity index (χ3n) is 4.71. The maximum absolute atomic E-state index is 12.6. The summed E-state index contributed by atoms with van der Waals surface area (Å²) in [7, 11) is 0. The topological polar surface area (TPSA) is 73.1 Å². The number of nitrogens with zero attached hydrogens (tertiary/aromatic N) is 5. The third kappa shape index (κ3) is 4.04. The van der Waals surface area contributed by atoms with Crippen LogP contribution in [0.1, 0.15) is 65.3 Å². The molecule has 1 aromatic heterocycles. The second-order valence-electron chi connectivity index (χ2n) is 5.97. The van der Waals surface area contributed by atoms with E-state index in [1.54, 1.807) is 9.80 Å². The van der Waals surface area contributed by atoms with Crippen molar-refractivity contribution < 1.29 is 4.79 Å². The zero-order chi connectivity index (χ0) is 18.3. The van der Waals surface area contributed by atoms with Crippen molar-refractivity contribution in [2.75, 3.05) is 24.5 Å². The number of aromatic nitrogens is 2. The van der Waals surface area contributed by atoms with E-state index in [0.29, 0.717) is 24.8 Å². The fraction of sp³-hybridized carbons (Fsp3) is 0.765. The molecule has 2 unspecified atom stereocenters. The number of nitriles is 1. The van der Waals surface area contributed by atoms with E-state index in [2.05, 4.69) is 23.2 Å². The molecule has 1 heterocycles. The lowest BCUT2D eigenvalue weighted by molar-refractivity contribution is 0.210. The number of rotatable bonds is 8. The standard InChI is InChI=1S/C17H29N5OS/c1-7-13(17(6,8-2)12-18)14-19-20-15(24-14)22(11-5)16(23)21(9-3)10-4/h13H,7-11H2,1-6H3. The second kappa shape index (κ2) is 8.97. The number of urea groups is 1. The van der Waals surface area contributed by atoms with Gasteiger partial charge < -0.3 is 4.90 Å². The van der Waals surface area contributed by atoms with Gasteiger partial charge in [-0.3, -0.25) is 4.90 Å². The highest BCUT2D eigenvalue weighted by Crippen LogP contribution is 2.42. The molecule has 6 nitrogen and oxygen atoms in total. The average Bonchev–Trinajstić information content (AvgIpc) is 3.06. The van der Waals surface area contributed by atoms with Gasteiger partial charge >= 0.3 is 6.03 Å². The second-order valence-corrected chi connectivity index (χ2v) is 6.95. The Balaban J connectivity index is 3.13. The molecule has 0 spiro atoms. The molecule has 7 heteroatoms. The Morgan fingerprint density at radius 3 is 2.25 bits per heavy atom. The van der Waals surface area contributed by atoms with E-state index < -0.39 is 5.41 Å². The summed E-state index contributed by atoms with van der Waals surface area (Å²) < 4.78 is 0. The number of carbonyl (C=O) groups excluding carboxylic acids is 1. The highest BCUT2D eigenvalue weighted by molar-refractivity contribution is 7.15. The van der Waals surface area contributed by atoms with Crippen LogP contribution in [0.5, 0.6) is 0 Å². The first-order chi connectivity index (χ1) is 11.4. The van der Waals surface area contributed by atoms with E-state index in [0.717, 1.165) is 17.8 Å². The van der Waals surface area contributed by atoms with Crippen molar-refractivity contribution in [2.45, 2.75) is 60.3 Å². The monoisotopic (exact) mass is 351 g/mol. The molecule has 2 amide bonds. The molecule has 134 valence electrons. The largest absolute Gasteiger partial charge is 0.326 e. The summed E-state index contributed by atoms with van der Waals surface area (Å²) in [4.78, 5) is 16.1. The van der Waals surface area contributed by atoms with E-state index in [4.69, 9.17) is 0 Å². The molecular weight excluding hydrogens is 322 g/mol. The molecule has 0 fully saturated rings. The highest BCUT2D eigenvalue weighted by atomic mass is 32.1. The van der Waals surface area contributed by atoms with Crippen LogP contribution in [0.4, 0.5) is 9.93 Å². The summed E-state index contributed by atoms with van der Waals surface area (Å²) in [5, 5.41) is 19.6. The summed E-state index contributed by atoms with van der Waals surface area (Å²) in [6, 6.07) is 2.39. The van der Waals surface area contributed by atoms with Gasteiger partial charge in [-0.05, 0) is 40.5 Å². The van der Waals surface area contributed by atoms with Crippen LogP contribution < -0.4 is 4.90 Å². The van der Waals surface area contributed by atoms with Crippen molar-refractivity contribution in [3.63, 3.8) is 0 Å². The zero-order valence-corrected chi connectivity index (χ0v) is 16.5. The molecular formula is C17H29N5OS. The molecule has 24 heavy (non-hydrogen) atoms. The Bertz CT molecular complexity index is 578. The van der Waals surface area contributed by atoms with Crippen LogP contribution in [0.2, 0.25) is 0 Å². The number of carbonyl (C=O) groups is 1. The molecule has 0 aliphatic carbocycles. The number of amides is 2. The molecule has 1 rings (SSSR count). The lowest BCUT2D eigenvalue weighted by atomic mass is 9.75. The van der Waals surface area contributed by atoms with E-state index in [1.165, 1.54) is 11.3 Å². The maximum atomic E-state index is 12.6. The van der Waals surface area contributed by atoms with Gasteiger partial charge in [0, 0.05) is 25.6 Å². The first-order valence-electron chi connectivity index (χ1n) is 8.73. The van der Waals surface area contributed by atoms with Gasteiger partial charge in [0.05, 0.1) is 11.5 Å². The quantitative estimate of drug-likeness (QED) is 0.701. The molecule has 0 aromatic carbocycles. The number of anilines is 1. The van der Waals surface area contributed by atoms with Crippen LogP contribution in [0.15, 0.2) is 0 Å². The molecule has 0 aliphatic rings. The Hall–Kier alpha value is -1.68. The van der Waals surface area contributed by atoms with Crippen LogP contribution in [0.3, 0.4) is 0 Å². The van der Waals surface area contributed by atoms with Gasteiger partial charge in [-0.15, -0.1) is 10.2 Å². The summed E-state index contributed by atoms with van der Waals surface area (Å²) in [5.74, 6) is 0.0287. The fourth-order valence-corrected chi connectivity index (χ4v) is 4.03. The van der Waals surface area contributed by atoms with Gasteiger partial charge in [0.2, 0.25) is 5.13 Å². The minimum absolute atomic E-state index is 0.0287. The zero-order valence-electron chi connectivity index (χ0n) is 15.7. The van der Waals surface area contributed by atoms with Crippen molar-refractivity contribution in [1.82, 2.24) is 15.1 Å². The normalized spacial score (nSPS) is 14.5. The molecule has 0 bridgehead atoms. The van der Waals surface area contributed by atoms with Gasteiger partial charge in [0.1, 0.15) is 5.01 Å². The predicted octanol–water partition coefficient (Wildman–Crippen LogP) is 4.26. The molecule has 0 aliphatic heterocycles. The summed E-state index contributed by atoms with van der Waals surface area (Å²) in [5.41, 5.74) is -0.467. The lowest BCUT2D eigenvalue weighted by Crippen LogP contribution is -2.43. The fourth-order valence-electron chi connectivity index (χ4n) is 2.79. The van der Waals surface area contributed by atoms with Gasteiger partial charge in [-0.25, -0.2) is 4.79 Å². The molecule has 0 saturated heterocycles. The van der Waals surface area contributed by atoms with Crippen molar-refractivity contribution in [3.8, 4) is 6.07 Å². The van der Waals surface area contributed by atoms with Crippen molar-refractivity contribution in [3.05, 3.63) is 5.01 Å². The maximum Gasteiger partial charge on any atom is 0.326 e. The molecule has 0 N–H and O–H groups in total. The van der Waals surface area contributed by atoms with E-state index >= 15 is 0 Å². The molecule has 2 atom stereocenters. The first kappa shape index (κ1) is 20.4. The molecule has 1 aromatic rings. The van der Waals surface area contributed by atoms with Gasteiger partial charge in [0.15, 0.2) is 0 Å². The van der Waals surface area contributed by atoms with Crippen molar-refractivity contribution in [1.29, 1.82) is 5.26 Å². The van der Waals surface area contributed by atoms with E-state index in [9.17, 15) is 10.1 Å². The summed E-state index contributed by atoms with van der Waals surface area (Å²) in [6.07, 6.45) is 1.58. The molecule has 0 radical (unpaired) electrons. The highest BCUT2D eigenvalue weighted by Gasteiger charge is 2.36. The van der Waals surface area contributed by atoms with E-state index in [1.807, 2.05) is 34.6 Å². The molecule has 0 saturated carbocycles. The Morgan fingerprint density at radius 1 is 1.21 bits per heavy atom. The Kier molecular flexibility index (Phi) is 7.61. The van der Waals surface area contributed by atoms with Crippen molar-refractivity contribution in [2.24, 2.45) is 5.41 Å². The number of hydrogen-bond donors (Lipinski definition) is 0. The summed E-state index contributed by atoms with van der Waals surface area (Å²) >= 11 is 1.43. The van der Waals surface area contributed by atoms with Gasteiger partial charge in [-0.2, -0.15) is 5.26 Å². The smallest absolute Gasteiger partial charge is 0.325 e. The van der Waals surface area contributed by atoms with Crippen molar-refractivity contribution >= 4 is 22.5 Å². The SMILES string of the molecule is CCC(c1nnc(N(CC)C(=O)N(CC)CC)s1)C(C)(C#N)CC. The minimum atomic E-state index is -0.467. The average molecular weight is 352 g/mol. The van der Waals surface area contributed by atoms with Crippen LogP contribution in [-0.4, -0.2) is 40.8 Å². The van der Waals surface area contributed by atoms with Crippen LogP contribution in [0.25, 0.3) is 0 Å². The van der Waals surface area contributed by atoms with Crippen LogP contribution >= 0.6 is 11.3 Å². The lowest BCUT2D eigenvalue weighted by Gasteiger charge is -2.28. The van der Waals surface area contributed by atoms with Gasteiger partial charge in [0.25, 0.3) is 0 Å². The Morgan fingerprint density at radius 2 is 1.83 bits per heavy atom. The third-order valence-corrected chi connectivity index (χ3v) is 5.77. The van der Waals surface area contributed by atoms with Crippen LogP contribution in [-0.2, 0) is 0 Å². The van der Waals surface area contributed by atoms with Gasteiger partial charge in [-0.1, -0.05) is 25.2 Å². The predicted molar refractivity (Wildman–Crippen MR) is 98.3 cm³/mol. The first-order valence-corrected chi connectivity index (χ1v) is 9.54. The van der Waals surface area contributed by atoms with Crippen LogP contribution in [0, 0.1) is 16.7 Å². The minimum Gasteiger partial charge on any atom is -0.325 e.